The molecule has 0 unspecified atom stereocenters. The van der Waals surface area contributed by atoms with Crippen LogP contribution in [0.3, 0.4) is 0 Å². The highest BCUT2D eigenvalue weighted by Crippen LogP contribution is 2.05. The first-order chi connectivity index (χ1) is 11.0. The van der Waals surface area contributed by atoms with Gasteiger partial charge >= 0.3 is 0 Å². The van der Waals surface area contributed by atoms with E-state index in [2.05, 4.69) is 20.5 Å². The maximum Gasteiger partial charge on any atom is 0.191 e. The van der Waals surface area contributed by atoms with Crippen LogP contribution in [0.15, 0.2) is 29.3 Å². The van der Waals surface area contributed by atoms with Crippen LogP contribution in [-0.2, 0) is 16.4 Å². The van der Waals surface area contributed by atoms with Gasteiger partial charge in [-0.15, -0.1) is 24.0 Å². The van der Waals surface area contributed by atoms with Crippen LogP contribution in [-0.4, -0.2) is 64.0 Å². The molecule has 24 heavy (non-hydrogen) atoms. The van der Waals surface area contributed by atoms with Crippen molar-refractivity contribution in [2.45, 2.75) is 6.54 Å². The number of nitrogens with zero attached hydrogens (tertiary/aromatic N) is 2. The van der Waals surface area contributed by atoms with Gasteiger partial charge in [-0.25, -0.2) is 12.8 Å². The number of halogens is 2. The molecule has 0 saturated carbocycles. The van der Waals surface area contributed by atoms with Crippen LogP contribution in [0.5, 0.6) is 0 Å². The molecule has 0 spiro atoms. The molecule has 6 nitrogen and oxygen atoms in total. The summed E-state index contributed by atoms with van der Waals surface area (Å²) >= 11 is 0. The zero-order chi connectivity index (χ0) is 16.7. The summed E-state index contributed by atoms with van der Waals surface area (Å²) in [5.74, 6) is 0.809. The molecule has 0 aliphatic carbocycles. The minimum atomic E-state index is -2.84. The van der Waals surface area contributed by atoms with Gasteiger partial charge in [0, 0.05) is 45.3 Å². The fraction of sp³-hybridized carbons (Fsp3) is 0.533. The summed E-state index contributed by atoms with van der Waals surface area (Å²) in [6.07, 6.45) is 0. The predicted octanol–water partition coefficient (Wildman–Crippen LogP) is 0.839. The van der Waals surface area contributed by atoms with E-state index in [-0.39, 0.29) is 41.3 Å². The van der Waals surface area contributed by atoms with Gasteiger partial charge in [-0.05, 0) is 6.07 Å². The lowest BCUT2D eigenvalue weighted by Crippen LogP contribution is -2.45. The molecule has 2 rings (SSSR count). The molecule has 0 amide bonds. The first-order valence-electron chi connectivity index (χ1n) is 7.61. The number of aliphatic imine (C=N–C) groups is 1. The van der Waals surface area contributed by atoms with E-state index in [1.54, 1.807) is 25.2 Å². The van der Waals surface area contributed by atoms with Crippen molar-refractivity contribution in [3.8, 4) is 0 Å². The molecule has 0 radical (unpaired) electrons. The zero-order valence-electron chi connectivity index (χ0n) is 13.7. The van der Waals surface area contributed by atoms with Crippen molar-refractivity contribution >= 4 is 39.8 Å². The first kappa shape index (κ1) is 21.1. The van der Waals surface area contributed by atoms with Crippen molar-refractivity contribution < 1.29 is 12.8 Å². The van der Waals surface area contributed by atoms with Gasteiger partial charge in [-0.3, -0.25) is 9.89 Å². The molecule has 1 saturated heterocycles. The Balaban J connectivity index is 0.00000288. The van der Waals surface area contributed by atoms with E-state index in [0.29, 0.717) is 37.7 Å². The Hall–Kier alpha value is -0.940. The summed E-state index contributed by atoms with van der Waals surface area (Å²) in [5.41, 5.74) is 0.580. The fourth-order valence-corrected chi connectivity index (χ4v) is 3.62. The molecule has 0 aromatic heterocycles. The number of benzene rings is 1. The van der Waals surface area contributed by atoms with Gasteiger partial charge in [-0.1, -0.05) is 18.2 Å². The molecule has 2 N–H and O–H groups in total. The van der Waals surface area contributed by atoms with Gasteiger partial charge in [-0.2, -0.15) is 0 Å². The number of sulfone groups is 1. The van der Waals surface area contributed by atoms with Gasteiger partial charge in [0.05, 0.1) is 11.5 Å². The summed E-state index contributed by atoms with van der Waals surface area (Å²) in [6, 6.07) is 6.60. The molecule has 1 aliphatic heterocycles. The van der Waals surface area contributed by atoms with Crippen molar-refractivity contribution in [3.63, 3.8) is 0 Å². The molecule has 1 aromatic rings. The normalized spacial score (nSPS) is 17.8. The summed E-state index contributed by atoms with van der Waals surface area (Å²) < 4.78 is 36.3. The Bertz CT molecular complexity index is 641. The Labute approximate surface area is 159 Å². The van der Waals surface area contributed by atoms with Crippen LogP contribution in [0.4, 0.5) is 4.39 Å². The van der Waals surface area contributed by atoms with Crippen LogP contribution in [0.1, 0.15) is 5.56 Å². The minimum Gasteiger partial charge on any atom is -0.355 e. The van der Waals surface area contributed by atoms with E-state index in [4.69, 9.17) is 0 Å². The minimum absolute atomic E-state index is 0. The average Bonchev–Trinajstić information content (AvgIpc) is 2.53. The van der Waals surface area contributed by atoms with Crippen LogP contribution in [0.25, 0.3) is 0 Å². The van der Waals surface area contributed by atoms with E-state index in [1.807, 2.05) is 0 Å². The Morgan fingerprint density at radius 1 is 1.25 bits per heavy atom. The molecular formula is C15H24FIN4O2S. The molecule has 1 aromatic carbocycles. The highest BCUT2D eigenvalue weighted by molar-refractivity contribution is 14.0. The molecule has 136 valence electrons. The quantitative estimate of drug-likeness (QED) is 0.379. The van der Waals surface area contributed by atoms with E-state index in [9.17, 15) is 12.8 Å². The van der Waals surface area contributed by atoms with Crippen molar-refractivity contribution in [1.82, 2.24) is 15.5 Å². The molecule has 1 heterocycles. The SMILES string of the molecule is CN=C(NCCN1CCS(=O)(=O)CC1)NCc1ccccc1F.I. The number of hydrogen-bond acceptors (Lipinski definition) is 4. The van der Waals surface area contributed by atoms with Crippen molar-refractivity contribution in [2.24, 2.45) is 4.99 Å². The van der Waals surface area contributed by atoms with Crippen LogP contribution in [0.2, 0.25) is 0 Å². The first-order valence-corrected chi connectivity index (χ1v) is 9.43. The average molecular weight is 470 g/mol. The Morgan fingerprint density at radius 2 is 1.92 bits per heavy atom. The topological polar surface area (TPSA) is 73.8 Å². The molecule has 1 aliphatic rings. The van der Waals surface area contributed by atoms with E-state index in [1.165, 1.54) is 6.07 Å². The molecule has 0 bridgehead atoms. The lowest BCUT2D eigenvalue weighted by Gasteiger charge is -2.26. The summed E-state index contributed by atoms with van der Waals surface area (Å²) in [5, 5.41) is 6.21. The standard InChI is InChI=1S/C15H23FN4O2S.HI/c1-17-15(19-12-13-4-2-3-5-14(13)16)18-6-7-20-8-10-23(21,22)11-9-20;/h2-5H,6-12H2,1H3,(H2,17,18,19);1H. The van der Waals surface area contributed by atoms with Crippen molar-refractivity contribution in [2.75, 3.05) is 44.7 Å². The number of rotatable bonds is 5. The molecule has 9 heteroatoms. The third-order valence-corrected chi connectivity index (χ3v) is 5.39. The lowest BCUT2D eigenvalue weighted by atomic mass is 10.2. The van der Waals surface area contributed by atoms with Gasteiger partial charge in [0.2, 0.25) is 0 Å². The Kier molecular flexibility index (Phi) is 8.92. The largest absolute Gasteiger partial charge is 0.355 e. The molecule has 1 fully saturated rings. The third kappa shape index (κ3) is 6.89. The zero-order valence-corrected chi connectivity index (χ0v) is 16.8. The van der Waals surface area contributed by atoms with Crippen LogP contribution in [0, 0.1) is 5.82 Å². The fourth-order valence-electron chi connectivity index (χ4n) is 2.35. The summed E-state index contributed by atoms with van der Waals surface area (Å²) in [4.78, 5) is 6.21. The number of nitrogens with one attached hydrogen (secondary N) is 2. The highest BCUT2D eigenvalue weighted by Gasteiger charge is 2.20. The van der Waals surface area contributed by atoms with Crippen LogP contribution < -0.4 is 10.6 Å². The maximum atomic E-state index is 13.5. The number of guanidine groups is 1. The maximum absolute atomic E-state index is 13.5. The predicted molar refractivity (Wildman–Crippen MR) is 105 cm³/mol. The van der Waals surface area contributed by atoms with Gasteiger partial charge in [0.15, 0.2) is 15.8 Å². The molecule has 0 atom stereocenters. The lowest BCUT2D eigenvalue weighted by molar-refractivity contribution is 0.299. The van der Waals surface area contributed by atoms with Crippen molar-refractivity contribution in [3.05, 3.63) is 35.6 Å². The summed E-state index contributed by atoms with van der Waals surface area (Å²) in [6.45, 7) is 2.90. The van der Waals surface area contributed by atoms with E-state index < -0.39 is 9.84 Å². The van der Waals surface area contributed by atoms with E-state index >= 15 is 0 Å². The van der Waals surface area contributed by atoms with E-state index in [0.717, 1.165) is 6.54 Å². The van der Waals surface area contributed by atoms with Crippen molar-refractivity contribution in [1.29, 1.82) is 0 Å². The second-order valence-corrected chi connectivity index (χ2v) is 7.74. The third-order valence-electron chi connectivity index (χ3n) is 3.79. The monoisotopic (exact) mass is 470 g/mol. The van der Waals surface area contributed by atoms with Gasteiger partial charge < -0.3 is 10.6 Å². The van der Waals surface area contributed by atoms with Gasteiger partial charge in [0.25, 0.3) is 0 Å². The smallest absolute Gasteiger partial charge is 0.191 e. The Morgan fingerprint density at radius 3 is 2.54 bits per heavy atom. The van der Waals surface area contributed by atoms with Crippen LogP contribution >= 0.6 is 24.0 Å². The molecular weight excluding hydrogens is 446 g/mol. The summed E-state index contributed by atoms with van der Waals surface area (Å²) in [7, 11) is -1.18. The van der Waals surface area contributed by atoms with Gasteiger partial charge in [0.1, 0.15) is 5.82 Å². The number of hydrogen-bond donors (Lipinski definition) is 2. The second kappa shape index (κ2) is 10.1. The second-order valence-electron chi connectivity index (χ2n) is 5.44. The highest BCUT2D eigenvalue weighted by atomic mass is 127.